The number of hydrogen-bond acceptors (Lipinski definition) is 4. The lowest BCUT2D eigenvalue weighted by Crippen LogP contribution is -2.50. The van der Waals surface area contributed by atoms with E-state index in [0.717, 1.165) is 30.9 Å². The Morgan fingerprint density at radius 1 is 1.28 bits per heavy atom. The normalized spacial score (nSPS) is 17.6. The smallest absolute Gasteiger partial charge is 0.241 e. The summed E-state index contributed by atoms with van der Waals surface area (Å²) in [6.07, 6.45) is 3.67. The quantitative estimate of drug-likeness (QED) is 0.890. The van der Waals surface area contributed by atoms with Crippen molar-refractivity contribution in [2.45, 2.75) is 13.0 Å². The van der Waals surface area contributed by atoms with Crippen LogP contribution in [0.4, 0.5) is 5.69 Å². The second kappa shape index (κ2) is 9.51. The summed E-state index contributed by atoms with van der Waals surface area (Å²) in [5.74, 6) is 0.138. The van der Waals surface area contributed by atoms with Crippen molar-refractivity contribution in [3.63, 3.8) is 0 Å². The van der Waals surface area contributed by atoms with Crippen molar-refractivity contribution in [3.8, 4) is 0 Å². The third-order valence-electron chi connectivity index (χ3n) is 4.45. The van der Waals surface area contributed by atoms with Gasteiger partial charge in [0.2, 0.25) is 5.91 Å². The van der Waals surface area contributed by atoms with Crippen LogP contribution in [0.1, 0.15) is 18.5 Å². The fraction of sp³-hybridized carbons (Fsp3) is 0.368. The van der Waals surface area contributed by atoms with Crippen LogP contribution in [0, 0.1) is 0 Å². The van der Waals surface area contributed by atoms with Gasteiger partial charge in [-0.15, -0.1) is 12.4 Å². The second-order valence-electron chi connectivity index (χ2n) is 5.95. The summed E-state index contributed by atoms with van der Waals surface area (Å²) in [5, 5.41) is 3.42. The molecule has 0 spiro atoms. The van der Waals surface area contributed by atoms with Gasteiger partial charge in [-0.25, -0.2) is 0 Å². The van der Waals surface area contributed by atoms with Gasteiger partial charge in [-0.1, -0.05) is 24.3 Å². The first-order valence-corrected chi connectivity index (χ1v) is 8.49. The average Bonchev–Trinajstić information content (AvgIpc) is 2.64. The van der Waals surface area contributed by atoms with Crippen LogP contribution in [0.3, 0.4) is 0 Å². The van der Waals surface area contributed by atoms with Crippen molar-refractivity contribution < 1.29 is 4.79 Å². The third-order valence-corrected chi connectivity index (χ3v) is 4.45. The molecule has 1 aliphatic rings. The van der Waals surface area contributed by atoms with E-state index in [1.807, 2.05) is 54.4 Å². The van der Waals surface area contributed by atoms with E-state index in [0.29, 0.717) is 13.1 Å². The summed E-state index contributed by atoms with van der Waals surface area (Å²) < 4.78 is 0. The van der Waals surface area contributed by atoms with Crippen LogP contribution in [0.2, 0.25) is 0 Å². The molecular weight excluding hydrogens is 336 g/mol. The van der Waals surface area contributed by atoms with Crippen LogP contribution in [0.25, 0.3) is 0 Å². The molecule has 134 valence electrons. The number of amides is 1. The second-order valence-corrected chi connectivity index (χ2v) is 5.95. The topological polar surface area (TPSA) is 48.5 Å². The highest BCUT2D eigenvalue weighted by molar-refractivity contribution is 5.94. The maximum atomic E-state index is 12.9. The summed E-state index contributed by atoms with van der Waals surface area (Å²) >= 11 is 0. The van der Waals surface area contributed by atoms with Crippen molar-refractivity contribution in [2.75, 3.05) is 37.6 Å². The number of anilines is 1. The number of carbonyl (C=O) groups is 1. The maximum Gasteiger partial charge on any atom is 0.241 e. The molecule has 3 rings (SSSR count). The van der Waals surface area contributed by atoms with E-state index in [-0.39, 0.29) is 24.4 Å². The predicted octanol–water partition coefficient (Wildman–Crippen LogP) is 2.50. The fourth-order valence-corrected chi connectivity index (χ4v) is 3.21. The molecule has 0 bridgehead atoms. The molecule has 2 aromatic rings. The Hall–Kier alpha value is -1.95. The van der Waals surface area contributed by atoms with Gasteiger partial charge in [-0.05, 0) is 30.7 Å². The Balaban J connectivity index is 0.00000225. The first-order chi connectivity index (χ1) is 11.8. The number of aromatic nitrogens is 1. The molecule has 25 heavy (non-hydrogen) atoms. The molecule has 5 nitrogen and oxygen atoms in total. The SMILES string of the molecule is CCN(C(=O)CN1CCNCC1c1cccnc1)c1ccccc1.Cl. The minimum Gasteiger partial charge on any atom is -0.314 e. The minimum absolute atomic E-state index is 0. The van der Waals surface area contributed by atoms with Gasteiger partial charge >= 0.3 is 0 Å². The number of para-hydroxylation sites is 1. The molecule has 2 heterocycles. The number of rotatable bonds is 5. The van der Waals surface area contributed by atoms with E-state index in [9.17, 15) is 4.79 Å². The molecule has 0 radical (unpaired) electrons. The predicted molar refractivity (Wildman–Crippen MR) is 103 cm³/mol. The lowest BCUT2D eigenvalue weighted by Gasteiger charge is -2.37. The number of benzene rings is 1. The zero-order valence-electron chi connectivity index (χ0n) is 14.5. The van der Waals surface area contributed by atoms with Gasteiger partial charge in [0.15, 0.2) is 0 Å². The largest absolute Gasteiger partial charge is 0.314 e. The van der Waals surface area contributed by atoms with Gasteiger partial charge in [-0.2, -0.15) is 0 Å². The summed E-state index contributed by atoms with van der Waals surface area (Å²) in [4.78, 5) is 21.2. The monoisotopic (exact) mass is 360 g/mol. The Morgan fingerprint density at radius 2 is 2.08 bits per heavy atom. The van der Waals surface area contributed by atoms with Crippen LogP contribution >= 0.6 is 12.4 Å². The van der Waals surface area contributed by atoms with Crippen molar-refractivity contribution in [3.05, 3.63) is 60.4 Å². The number of piperazine rings is 1. The summed E-state index contributed by atoms with van der Waals surface area (Å²) in [6, 6.07) is 14.1. The Morgan fingerprint density at radius 3 is 2.76 bits per heavy atom. The fourth-order valence-electron chi connectivity index (χ4n) is 3.21. The zero-order chi connectivity index (χ0) is 16.8. The molecular formula is C19H25ClN4O. The van der Waals surface area contributed by atoms with Crippen LogP contribution in [-0.4, -0.2) is 48.5 Å². The van der Waals surface area contributed by atoms with E-state index in [2.05, 4.69) is 21.3 Å². The lowest BCUT2D eigenvalue weighted by molar-refractivity contribution is -0.120. The highest BCUT2D eigenvalue weighted by Crippen LogP contribution is 2.22. The van der Waals surface area contributed by atoms with Crippen molar-refractivity contribution in [1.82, 2.24) is 15.2 Å². The lowest BCUT2D eigenvalue weighted by atomic mass is 10.1. The standard InChI is InChI=1S/C19H24N4O.ClH/c1-2-23(17-8-4-3-5-9-17)19(24)15-22-12-11-21-14-18(22)16-7-6-10-20-13-16;/h3-10,13,18,21H,2,11-12,14-15H2,1H3;1H. The van der Waals surface area contributed by atoms with Crippen molar-refractivity contribution >= 4 is 24.0 Å². The molecule has 1 fully saturated rings. The number of nitrogens with one attached hydrogen (secondary N) is 1. The molecule has 6 heteroatoms. The third kappa shape index (κ3) is 4.78. The highest BCUT2D eigenvalue weighted by Gasteiger charge is 2.27. The Kier molecular flexibility index (Phi) is 7.37. The molecule has 1 amide bonds. The molecule has 1 saturated heterocycles. The summed E-state index contributed by atoms with van der Waals surface area (Å²) in [7, 11) is 0. The van der Waals surface area contributed by atoms with E-state index in [1.54, 1.807) is 6.20 Å². The summed E-state index contributed by atoms with van der Waals surface area (Å²) in [5.41, 5.74) is 2.11. The van der Waals surface area contributed by atoms with Crippen LogP contribution in [0.5, 0.6) is 0 Å². The van der Waals surface area contributed by atoms with Crippen molar-refractivity contribution in [1.29, 1.82) is 0 Å². The number of hydrogen-bond donors (Lipinski definition) is 1. The highest BCUT2D eigenvalue weighted by atomic mass is 35.5. The van der Waals surface area contributed by atoms with Gasteiger partial charge in [0.1, 0.15) is 0 Å². The van der Waals surface area contributed by atoms with E-state index in [4.69, 9.17) is 0 Å². The number of likely N-dealkylation sites (N-methyl/N-ethyl adjacent to an activating group) is 1. The number of carbonyl (C=O) groups excluding carboxylic acids is 1. The molecule has 0 saturated carbocycles. The van der Waals surface area contributed by atoms with Gasteiger partial charge < -0.3 is 10.2 Å². The van der Waals surface area contributed by atoms with E-state index >= 15 is 0 Å². The summed E-state index contributed by atoms with van der Waals surface area (Å²) in [6.45, 7) is 5.72. The zero-order valence-corrected chi connectivity index (χ0v) is 15.3. The molecule has 1 N–H and O–H groups in total. The molecule has 1 aliphatic heterocycles. The molecule has 1 aromatic carbocycles. The molecule has 0 aliphatic carbocycles. The van der Waals surface area contributed by atoms with Crippen molar-refractivity contribution in [2.24, 2.45) is 0 Å². The van der Waals surface area contributed by atoms with Gasteiger partial charge in [0.25, 0.3) is 0 Å². The molecule has 1 aromatic heterocycles. The van der Waals surface area contributed by atoms with Crippen LogP contribution in [-0.2, 0) is 4.79 Å². The first-order valence-electron chi connectivity index (χ1n) is 8.49. The van der Waals surface area contributed by atoms with Crippen LogP contribution in [0.15, 0.2) is 54.9 Å². The number of nitrogens with zero attached hydrogens (tertiary/aromatic N) is 3. The molecule has 1 atom stereocenters. The Labute approximate surface area is 155 Å². The van der Waals surface area contributed by atoms with Gasteiger partial charge in [0.05, 0.1) is 6.54 Å². The Bertz CT molecular complexity index is 653. The van der Waals surface area contributed by atoms with Gasteiger partial charge in [-0.3, -0.25) is 14.7 Å². The van der Waals surface area contributed by atoms with E-state index in [1.165, 1.54) is 0 Å². The number of halogens is 1. The average molecular weight is 361 g/mol. The van der Waals surface area contributed by atoms with Gasteiger partial charge in [0, 0.05) is 50.3 Å². The first kappa shape index (κ1) is 19.4. The van der Waals surface area contributed by atoms with Crippen LogP contribution < -0.4 is 10.2 Å². The maximum absolute atomic E-state index is 12.9. The minimum atomic E-state index is 0. The number of pyridine rings is 1. The van der Waals surface area contributed by atoms with E-state index < -0.39 is 0 Å². The molecule has 1 unspecified atom stereocenters.